The molecule has 1 saturated heterocycles. The molecule has 2 rings (SSSR count). The van der Waals surface area contributed by atoms with Crippen LogP contribution in [0.25, 0.3) is 0 Å². The minimum Gasteiger partial charge on any atom is -0.384 e. The van der Waals surface area contributed by atoms with Crippen molar-refractivity contribution in [3.8, 4) is 0 Å². The van der Waals surface area contributed by atoms with Gasteiger partial charge in [0.1, 0.15) is 11.3 Å². The third-order valence-electron chi connectivity index (χ3n) is 3.91. The van der Waals surface area contributed by atoms with Crippen LogP contribution in [0, 0.1) is 0 Å². The van der Waals surface area contributed by atoms with Crippen LogP contribution < -0.4 is 0 Å². The van der Waals surface area contributed by atoms with Crippen LogP contribution in [0.1, 0.15) is 25.1 Å². The zero-order valence-corrected chi connectivity index (χ0v) is 13.6. The lowest BCUT2D eigenvalue weighted by atomic mass is 10.2. The van der Waals surface area contributed by atoms with E-state index in [0.717, 1.165) is 37.3 Å². The highest BCUT2D eigenvalue weighted by Gasteiger charge is 2.25. The molecule has 1 fully saturated rings. The smallest absolute Gasteiger partial charge is 0.251 e. The van der Waals surface area contributed by atoms with Crippen molar-refractivity contribution in [2.75, 3.05) is 26.2 Å². The van der Waals surface area contributed by atoms with Crippen LogP contribution >= 0.6 is 11.6 Å². The number of carbonyl (C=O) groups excluding carboxylic acids is 1. The molecule has 2 heterocycles. The molecule has 0 spiro atoms. The number of carbonyl (C=O) groups is 1. The molecule has 0 bridgehead atoms. The summed E-state index contributed by atoms with van der Waals surface area (Å²) in [6.07, 6.45) is -0.0628. The Morgan fingerprint density at radius 1 is 1.38 bits per heavy atom. The second-order valence-corrected chi connectivity index (χ2v) is 5.83. The number of halogens is 1. The van der Waals surface area contributed by atoms with Crippen LogP contribution in [-0.4, -0.2) is 62.9 Å². The first-order valence-electron chi connectivity index (χ1n) is 7.33. The van der Waals surface area contributed by atoms with Gasteiger partial charge in [-0.3, -0.25) is 14.4 Å². The molecule has 1 unspecified atom stereocenters. The Labute approximate surface area is 130 Å². The van der Waals surface area contributed by atoms with Gasteiger partial charge in [-0.15, -0.1) is 0 Å². The average Bonchev–Trinajstić information content (AvgIpc) is 2.75. The molecule has 1 N–H and O–H groups in total. The van der Waals surface area contributed by atoms with E-state index in [2.05, 4.69) is 16.9 Å². The van der Waals surface area contributed by atoms with Crippen LogP contribution in [0.5, 0.6) is 0 Å². The van der Waals surface area contributed by atoms with Gasteiger partial charge in [0.2, 0.25) is 0 Å². The van der Waals surface area contributed by atoms with Crippen LogP contribution in [0.3, 0.4) is 0 Å². The summed E-state index contributed by atoms with van der Waals surface area (Å²) in [4.78, 5) is 15.7. The van der Waals surface area contributed by atoms with Gasteiger partial charge < -0.3 is 10.0 Å². The summed E-state index contributed by atoms with van der Waals surface area (Å²) >= 11 is 6.31. The van der Waals surface area contributed by atoms with Crippen LogP contribution in [-0.2, 0) is 24.8 Å². The van der Waals surface area contributed by atoms with E-state index in [0.29, 0.717) is 18.2 Å². The standard InChI is InChI=1S/C14H23ClN4O2/c1-4-12-11(13(15)17(3)16-12)9-18-5-7-19(8-6-18)14(21)10(2)20/h10,20H,4-9H2,1-3H3. The highest BCUT2D eigenvalue weighted by atomic mass is 35.5. The molecule has 1 amide bonds. The fourth-order valence-electron chi connectivity index (χ4n) is 2.65. The molecule has 21 heavy (non-hydrogen) atoms. The third kappa shape index (κ3) is 3.56. The second-order valence-electron chi connectivity index (χ2n) is 5.47. The van der Waals surface area contributed by atoms with Crippen LogP contribution in [0.2, 0.25) is 5.15 Å². The number of aliphatic hydroxyl groups excluding tert-OH is 1. The predicted molar refractivity (Wildman–Crippen MR) is 81.1 cm³/mol. The number of aromatic nitrogens is 2. The summed E-state index contributed by atoms with van der Waals surface area (Å²) in [5.74, 6) is -0.191. The number of piperazine rings is 1. The molecular formula is C14H23ClN4O2. The predicted octanol–water partition coefficient (Wildman–Crippen LogP) is 0.661. The Bertz CT molecular complexity index is 507. The van der Waals surface area contributed by atoms with Crippen molar-refractivity contribution >= 4 is 17.5 Å². The van der Waals surface area contributed by atoms with E-state index >= 15 is 0 Å². The zero-order valence-electron chi connectivity index (χ0n) is 12.8. The van der Waals surface area contributed by atoms with Crippen molar-refractivity contribution in [1.82, 2.24) is 19.6 Å². The molecule has 0 saturated carbocycles. The van der Waals surface area contributed by atoms with Crippen molar-refractivity contribution in [2.24, 2.45) is 7.05 Å². The molecule has 0 aliphatic carbocycles. The first kappa shape index (κ1) is 16.3. The minimum absolute atomic E-state index is 0.191. The maximum Gasteiger partial charge on any atom is 0.251 e. The Morgan fingerprint density at radius 2 is 2.00 bits per heavy atom. The van der Waals surface area contributed by atoms with Crippen molar-refractivity contribution in [1.29, 1.82) is 0 Å². The lowest BCUT2D eigenvalue weighted by Crippen LogP contribution is -2.50. The van der Waals surface area contributed by atoms with Gasteiger partial charge in [-0.05, 0) is 13.3 Å². The second kappa shape index (κ2) is 6.77. The molecule has 1 aliphatic rings. The molecule has 1 atom stereocenters. The topological polar surface area (TPSA) is 61.6 Å². The molecule has 7 heteroatoms. The van der Waals surface area contributed by atoms with E-state index in [1.54, 1.807) is 9.58 Å². The maximum absolute atomic E-state index is 11.7. The number of amides is 1. The highest BCUT2D eigenvalue weighted by Crippen LogP contribution is 2.22. The number of hydrogen-bond donors (Lipinski definition) is 1. The number of nitrogens with zero attached hydrogens (tertiary/aromatic N) is 4. The molecule has 6 nitrogen and oxygen atoms in total. The van der Waals surface area contributed by atoms with Gasteiger partial charge in [0, 0.05) is 45.3 Å². The summed E-state index contributed by atoms with van der Waals surface area (Å²) < 4.78 is 1.71. The molecule has 118 valence electrons. The number of rotatable bonds is 4. The molecule has 0 radical (unpaired) electrons. The Hall–Kier alpha value is -1.11. The largest absolute Gasteiger partial charge is 0.384 e. The van der Waals surface area contributed by atoms with E-state index in [1.165, 1.54) is 6.92 Å². The summed E-state index contributed by atoms with van der Waals surface area (Å²) in [7, 11) is 1.85. The summed E-state index contributed by atoms with van der Waals surface area (Å²) in [6, 6.07) is 0. The number of hydrogen-bond acceptors (Lipinski definition) is 4. The zero-order chi connectivity index (χ0) is 15.6. The molecule has 0 aromatic carbocycles. The fraction of sp³-hybridized carbons (Fsp3) is 0.714. The van der Waals surface area contributed by atoms with Gasteiger partial charge in [0.25, 0.3) is 5.91 Å². The van der Waals surface area contributed by atoms with Gasteiger partial charge in [0.05, 0.1) is 5.69 Å². The van der Waals surface area contributed by atoms with Crippen molar-refractivity contribution < 1.29 is 9.90 Å². The van der Waals surface area contributed by atoms with Gasteiger partial charge in [-0.25, -0.2) is 0 Å². The normalized spacial score (nSPS) is 18.0. The quantitative estimate of drug-likeness (QED) is 0.887. The van der Waals surface area contributed by atoms with E-state index in [-0.39, 0.29) is 5.91 Å². The minimum atomic E-state index is -0.920. The Morgan fingerprint density at radius 3 is 2.52 bits per heavy atom. The maximum atomic E-state index is 11.7. The molecular weight excluding hydrogens is 292 g/mol. The van der Waals surface area contributed by atoms with Gasteiger partial charge >= 0.3 is 0 Å². The van der Waals surface area contributed by atoms with Crippen molar-refractivity contribution in [3.63, 3.8) is 0 Å². The monoisotopic (exact) mass is 314 g/mol. The van der Waals surface area contributed by atoms with Crippen molar-refractivity contribution in [3.05, 3.63) is 16.4 Å². The average molecular weight is 315 g/mol. The highest BCUT2D eigenvalue weighted by molar-refractivity contribution is 6.30. The summed E-state index contributed by atoms with van der Waals surface area (Å²) in [5, 5.41) is 14.5. The summed E-state index contributed by atoms with van der Waals surface area (Å²) in [5.41, 5.74) is 2.11. The lowest BCUT2D eigenvalue weighted by molar-refractivity contribution is -0.141. The first-order chi connectivity index (χ1) is 9.93. The van der Waals surface area contributed by atoms with Crippen LogP contribution in [0.15, 0.2) is 0 Å². The Kier molecular flexibility index (Phi) is 5.24. The van der Waals surface area contributed by atoms with Gasteiger partial charge in [-0.2, -0.15) is 5.10 Å². The fourth-order valence-corrected chi connectivity index (χ4v) is 2.86. The summed E-state index contributed by atoms with van der Waals surface area (Å²) in [6.45, 7) is 7.19. The molecule has 1 aliphatic heterocycles. The van der Waals surface area contributed by atoms with E-state index in [9.17, 15) is 9.90 Å². The first-order valence-corrected chi connectivity index (χ1v) is 7.71. The SMILES string of the molecule is CCc1nn(C)c(Cl)c1CN1CCN(C(=O)C(C)O)CC1. The van der Waals surface area contributed by atoms with Gasteiger partial charge in [-0.1, -0.05) is 18.5 Å². The van der Waals surface area contributed by atoms with Crippen LogP contribution in [0.4, 0.5) is 0 Å². The van der Waals surface area contributed by atoms with E-state index in [4.69, 9.17) is 11.6 Å². The van der Waals surface area contributed by atoms with Gasteiger partial charge in [0.15, 0.2) is 0 Å². The Balaban J connectivity index is 1.97. The van der Waals surface area contributed by atoms with E-state index in [1.807, 2.05) is 7.05 Å². The lowest BCUT2D eigenvalue weighted by Gasteiger charge is -2.35. The molecule has 1 aromatic heterocycles. The molecule has 1 aromatic rings. The van der Waals surface area contributed by atoms with E-state index < -0.39 is 6.10 Å². The van der Waals surface area contributed by atoms with Crippen molar-refractivity contribution in [2.45, 2.75) is 32.9 Å². The number of aliphatic hydroxyl groups is 1. The third-order valence-corrected chi connectivity index (χ3v) is 4.38. The number of aryl methyl sites for hydroxylation is 2.